The minimum absolute atomic E-state index is 0.195. The van der Waals surface area contributed by atoms with Crippen molar-refractivity contribution < 1.29 is 19.0 Å². The summed E-state index contributed by atoms with van der Waals surface area (Å²) >= 11 is 0. The maximum atomic E-state index is 11.1. The monoisotopic (exact) mass is 216 g/mol. The predicted octanol–water partition coefficient (Wildman–Crippen LogP) is 1.55. The van der Waals surface area contributed by atoms with E-state index in [0.717, 1.165) is 0 Å². The molecule has 0 aliphatic carbocycles. The molecule has 0 spiro atoms. The molecular formula is C11H20O4. The molecule has 0 saturated heterocycles. The van der Waals surface area contributed by atoms with Crippen molar-refractivity contribution in [1.82, 2.24) is 0 Å². The first-order valence-electron chi connectivity index (χ1n) is 5.12. The van der Waals surface area contributed by atoms with Gasteiger partial charge in [0.25, 0.3) is 0 Å². The average Bonchev–Trinajstić information content (AvgIpc) is 2.16. The van der Waals surface area contributed by atoms with E-state index in [4.69, 9.17) is 14.2 Å². The Morgan fingerprint density at radius 3 is 2.53 bits per heavy atom. The fourth-order valence-corrected chi connectivity index (χ4v) is 0.830. The van der Waals surface area contributed by atoms with Gasteiger partial charge in [-0.25, -0.2) is 4.79 Å². The lowest BCUT2D eigenvalue weighted by atomic mass is 10.3. The Morgan fingerprint density at radius 2 is 2.00 bits per heavy atom. The summed E-state index contributed by atoms with van der Waals surface area (Å²) in [5, 5.41) is 0. The van der Waals surface area contributed by atoms with Crippen LogP contribution >= 0.6 is 0 Å². The molecule has 0 N–H and O–H groups in total. The summed E-state index contributed by atoms with van der Waals surface area (Å²) in [6, 6.07) is 0. The topological polar surface area (TPSA) is 44.8 Å². The van der Waals surface area contributed by atoms with Gasteiger partial charge in [0.15, 0.2) is 0 Å². The van der Waals surface area contributed by atoms with Crippen LogP contribution in [0.1, 0.15) is 20.8 Å². The highest BCUT2D eigenvalue weighted by molar-refractivity contribution is 5.87. The molecule has 4 heteroatoms. The maximum absolute atomic E-state index is 11.1. The fraction of sp³-hybridized carbons (Fsp3) is 0.727. The Labute approximate surface area is 91.2 Å². The zero-order valence-electron chi connectivity index (χ0n) is 9.75. The highest BCUT2D eigenvalue weighted by atomic mass is 16.5. The summed E-state index contributed by atoms with van der Waals surface area (Å²) in [5.74, 6) is -0.401. The molecule has 0 amide bonds. The van der Waals surface area contributed by atoms with Crippen LogP contribution in [0.4, 0.5) is 0 Å². The van der Waals surface area contributed by atoms with Crippen LogP contribution in [0.25, 0.3) is 0 Å². The molecule has 0 aromatic carbocycles. The highest BCUT2D eigenvalue weighted by Gasteiger charge is 2.07. The molecule has 0 bridgehead atoms. The van der Waals surface area contributed by atoms with Crippen LogP contribution in [0.5, 0.6) is 0 Å². The molecule has 4 nitrogen and oxygen atoms in total. The first-order chi connectivity index (χ1) is 7.07. The number of hydrogen-bond acceptors (Lipinski definition) is 4. The molecule has 0 saturated carbocycles. The third kappa shape index (κ3) is 8.15. The van der Waals surface area contributed by atoms with Crippen LogP contribution in [0.15, 0.2) is 12.2 Å². The Bertz CT molecular complexity index is 199. The molecule has 0 rings (SSSR count). The number of rotatable bonds is 8. The molecule has 15 heavy (non-hydrogen) atoms. The lowest BCUT2D eigenvalue weighted by molar-refractivity contribution is -0.139. The van der Waals surface area contributed by atoms with Crippen molar-refractivity contribution in [2.75, 3.05) is 26.4 Å². The lowest BCUT2D eigenvalue weighted by Gasteiger charge is -2.08. The van der Waals surface area contributed by atoms with Gasteiger partial charge < -0.3 is 14.2 Å². The van der Waals surface area contributed by atoms with Crippen LogP contribution in [0, 0.1) is 0 Å². The molecule has 0 atom stereocenters. The zero-order chi connectivity index (χ0) is 11.7. The zero-order valence-corrected chi connectivity index (χ0v) is 9.75. The number of carbonyl (C=O) groups is 1. The van der Waals surface area contributed by atoms with Crippen LogP contribution in [-0.4, -0.2) is 38.5 Å². The fourth-order valence-electron chi connectivity index (χ4n) is 0.830. The van der Waals surface area contributed by atoms with E-state index in [2.05, 4.69) is 6.58 Å². The average molecular weight is 216 g/mol. The van der Waals surface area contributed by atoms with Crippen molar-refractivity contribution in [1.29, 1.82) is 0 Å². The smallest absolute Gasteiger partial charge is 0.335 e. The van der Waals surface area contributed by atoms with Crippen molar-refractivity contribution in [2.24, 2.45) is 0 Å². The number of hydrogen-bond donors (Lipinski definition) is 0. The predicted molar refractivity (Wildman–Crippen MR) is 57.7 cm³/mol. The lowest BCUT2D eigenvalue weighted by Crippen LogP contribution is -2.14. The third-order valence-electron chi connectivity index (χ3n) is 1.52. The molecule has 88 valence electrons. The van der Waals surface area contributed by atoms with Crippen molar-refractivity contribution in [3.8, 4) is 0 Å². The summed E-state index contributed by atoms with van der Waals surface area (Å²) in [6.07, 6.45) is 0.196. The largest absolute Gasteiger partial charge is 0.463 e. The molecular weight excluding hydrogens is 196 g/mol. The van der Waals surface area contributed by atoms with E-state index < -0.39 is 5.97 Å². The molecule has 0 fully saturated rings. The molecule has 0 aromatic rings. The van der Waals surface area contributed by atoms with Gasteiger partial charge in [-0.05, 0) is 20.8 Å². The molecule has 0 aliphatic heterocycles. The van der Waals surface area contributed by atoms with Gasteiger partial charge in [0.1, 0.15) is 0 Å². The van der Waals surface area contributed by atoms with E-state index in [1.165, 1.54) is 0 Å². The van der Waals surface area contributed by atoms with Gasteiger partial charge in [0, 0.05) is 0 Å². The summed E-state index contributed by atoms with van der Waals surface area (Å²) in [6.45, 7) is 10.8. The molecule has 0 heterocycles. The van der Waals surface area contributed by atoms with Crippen molar-refractivity contribution in [3.05, 3.63) is 12.2 Å². The van der Waals surface area contributed by atoms with Gasteiger partial charge in [-0.15, -0.1) is 0 Å². The molecule has 0 radical (unpaired) electrons. The van der Waals surface area contributed by atoms with Crippen molar-refractivity contribution in [2.45, 2.75) is 26.9 Å². The van der Waals surface area contributed by atoms with Crippen molar-refractivity contribution >= 4 is 5.97 Å². The van der Waals surface area contributed by atoms with Crippen LogP contribution < -0.4 is 0 Å². The van der Waals surface area contributed by atoms with Crippen LogP contribution in [0.3, 0.4) is 0 Å². The summed E-state index contributed by atoms with van der Waals surface area (Å²) in [5.41, 5.74) is 0.335. The Balaban J connectivity index is 3.43. The first-order valence-corrected chi connectivity index (χ1v) is 5.12. The second kappa shape index (κ2) is 8.44. The molecule has 0 aliphatic rings. The van der Waals surface area contributed by atoms with Gasteiger partial charge in [-0.1, -0.05) is 6.58 Å². The third-order valence-corrected chi connectivity index (χ3v) is 1.52. The van der Waals surface area contributed by atoms with Gasteiger partial charge in [-0.2, -0.15) is 0 Å². The van der Waals surface area contributed by atoms with E-state index in [1.54, 1.807) is 6.92 Å². The van der Waals surface area contributed by atoms with Crippen LogP contribution in [-0.2, 0) is 19.0 Å². The van der Waals surface area contributed by atoms with E-state index in [9.17, 15) is 4.79 Å². The Morgan fingerprint density at radius 1 is 1.33 bits per heavy atom. The first kappa shape index (κ1) is 14.1. The van der Waals surface area contributed by atoms with Gasteiger partial charge in [-0.3, -0.25) is 0 Å². The maximum Gasteiger partial charge on any atom is 0.335 e. The standard InChI is InChI=1S/C11H20O4/c1-5-14-11(12)10(4)8-13-6-7-15-9(2)3/h9H,4-8H2,1-3H3. The van der Waals surface area contributed by atoms with Gasteiger partial charge >= 0.3 is 5.97 Å². The van der Waals surface area contributed by atoms with E-state index in [0.29, 0.717) is 25.4 Å². The Hall–Kier alpha value is -0.870. The van der Waals surface area contributed by atoms with Gasteiger partial charge in [0.2, 0.25) is 0 Å². The summed E-state index contributed by atoms with van der Waals surface area (Å²) in [4.78, 5) is 11.1. The quantitative estimate of drug-likeness (QED) is 0.351. The number of esters is 1. The minimum Gasteiger partial charge on any atom is -0.463 e. The van der Waals surface area contributed by atoms with E-state index >= 15 is 0 Å². The van der Waals surface area contributed by atoms with E-state index in [-0.39, 0.29) is 12.7 Å². The van der Waals surface area contributed by atoms with Crippen molar-refractivity contribution in [3.63, 3.8) is 0 Å². The SMILES string of the molecule is C=C(COCCOC(C)C)C(=O)OCC. The van der Waals surface area contributed by atoms with Crippen LogP contribution in [0.2, 0.25) is 0 Å². The highest BCUT2D eigenvalue weighted by Crippen LogP contribution is 1.96. The Kier molecular flexibility index (Phi) is 7.95. The molecule has 0 unspecified atom stereocenters. The second-order valence-electron chi connectivity index (χ2n) is 3.30. The van der Waals surface area contributed by atoms with Gasteiger partial charge in [0.05, 0.1) is 38.1 Å². The summed E-state index contributed by atoms with van der Waals surface area (Å²) in [7, 11) is 0. The summed E-state index contributed by atoms with van der Waals surface area (Å²) < 4.78 is 15.2. The second-order valence-corrected chi connectivity index (χ2v) is 3.30. The number of carbonyl (C=O) groups excluding carboxylic acids is 1. The van der Waals surface area contributed by atoms with E-state index in [1.807, 2.05) is 13.8 Å². The normalized spacial score (nSPS) is 10.4. The number of ether oxygens (including phenoxy) is 3. The minimum atomic E-state index is -0.401. The molecule has 0 aromatic heterocycles.